The molecule has 5 nitrogen and oxygen atoms in total. The Labute approximate surface area is 96.4 Å². The van der Waals surface area contributed by atoms with E-state index in [-0.39, 0.29) is 25.5 Å². The summed E-state index contributed by atoms with van der Waals surface area (Å²) < 4.78 is 4.84. The van der Waals surface area contributed by atoms with E-state index in [1.165, 1.54) is 0 Å². The first kappa shape index (κ1) is 15.1. The summed E-state index contributed by atoms with van der Waals surface area (Å²) in [6.45, 7) is 5.61. The zero-order valence-electron chi connectivity index (χ0n) is 10.4. The number of hydrogen-bond acceptors (Lipinski definition) is 5. The topological polar surface area (TPSA) is 66.8 Å². The van der Waals surface area contributed by atoms with Gasteiger partial charge >= 0.3 is 5.97 Å². The highest BCUT2D eigenvalue weighted by Gasteiger charge is 2.37. The highest BCUT2D eigenvalue weighted by molar-refractivity contribution is 6.03. The Bertz CT molecular complexity index is 250. The molecule has 0 rings (SSSR count). The van der Waals surface area contributed by atoms with E-state index in [0.29, 0.717) is 6.54 Å². The van der Waals surface area contributed by atoms with Crippen molar-refractivity contribution in [2.45, 2.75) is 20.8 Å². The molecule has 0 heterocycles. The largest absolute Gasteiger partial charge is 0.465 e. The quantitative estimate of drug-likeness (QED) is 0.496. The average Bonchev–Trinajstić information content (AvgIpc) is 2.18. The second kappa shape index (κ2) is 6.60. The highest BCUT2D eigenvalue weighted by Crippen LogP contribution is 2.19. The SMILES string of the molecule is CCOC(=O)C(C)(C)C(=O)CN(C)CCO. The molecule has 0 atom stereocenters. The monoisotopic (exact) mass is 231 g/mol. The predicted octanol–water partition coefficient (Wildman–Crippen LogP) is 0.0689. The van der Waals surface area contributed by atoms with E-state index in [2.05, 4.69) is 0 Å². The number of esters is 1. The lowest BCUT2D eigenvalue weighted by atomic mass is 9.88. The van der Waals surface area contributed by atoms with Gasteiger partial charge in [-0.3, -0.25) is 14.5 Å². The molecule has 0 bridgehead atoms. The third kappa shape index (κ3) is 4.28. The minimum Gasteiger partial charge on any atom is -0.465 e. The normalized spacial score (nSPS) is 11.6. The maximum absolute atomic E-state index is 11.8. The summed E-state index contributed by atoms with van der Waals surface area (Å²) in [7, 11) is 1.72. The Morgan fingerprint density at radius 1 is 1.38 bits per heavy atom. The molecule has 0 spiro atoms. The van der Waals surface area contributed by atoms with E-state index in [4.69, 9.17) is 9.84 Å². The van der Waals surface area contributed by atoms with Gasteiger partial charge in [0.2, 0.25) is 0 Å². The number of ketones is 1. The van der Waals surface area contributed by atoms with Crippen molar-refractivity contribution in [1.82, 2.24) is 4.90 Å². The van der Waals surface area contributed by atoms with E-state index in [1.807, 2.05) is 0 Å². The maximum atomic E-state index is 11.8. The number of carbonyl (C=O) groups excluding carboxylic acids is 2. The lowest BCUT2D eigenvalue weighted by Crippen LogP contribution is -2.41. The Balaban J connectivity index is 4.39. The van der Waals surface area contributed by atoms with Crippen molar-refractivity contribution in [3.05, 3.63) is 0 Å². The molecule has 0 aromatic rings. The number of nitrogens with zero attached hydrogens (tertiary/aromatic N) is 1. The first-order chi connectivity index (χ1) is 7.36. The second-order valence-electron chi connectivity index (χ2n) is 4.23. The fourth-order valence-electron chi connectivity index (χ4n) is 1.12. The van der Waals surface area contributed by atoms with Gasteiger partial charge in [-0.2, -0.15) is 0 Å². The number of hydrogen-bond donors (Lipinski definition) is 1. The molecule has 0 saturated heterocycles. The van der Waals surface area contributed by atoms with Gasteiger partial charge in [0, 0.05) is 6.54 Å². The number of carbonyl (C=O) groups is 2. The molecule has 0 aromatic carbocycles. The van der Waals surface area contributed by atoms with Crippen LogP contribution >= 0.6 is 0 Å². The summed E-state index contributed by atoms with van der Waals surface area (Å²) in [5.41, 5.74) is -1.13. The summed E-state index contributed by atoms with van der Waals surface area (Å²) in [6, 6.07) is 0. The van der Waals surface area contributed by atoms with Crippen LogP contribution in [0.5, 0.6) is 0 Å². The van der Waals surface area contributed by atoms with Crippen molar-refractivity contribution in [3.8, 4) is 0 Å². The van der Waals surface area contributed by atoms with Gasteiger partial charge in [-0.15, -0.1) is 0 Å². The molecule has 0 aliphatic rings. The van der Waals surface area contributed by atoms with Crippen molar-refractivity contribution in [3.63, 3.8) is 0 Å². The van der Waals surface area contributed by atoms with Gasteiger partial charge in [0.1, 0.15) is 5.41 Å². The Kier molecular flexibility index (Phi) is 6.21. The van der Waals surface area contributed by atoms with Crippen LogP contribution in [0.3, 0.4) is 0 Å². The zero-order valence-corrected chi connectivity index (χ0v) is 10.4. The van der Waals surface area contributed by atoms with Crippen LogP contribution in [-0.4, -0.2) is 55.1 Å². The number of rotatable bonds is 7. The fraction of sp³-hybridized carbons (Fsp3) is 0.818. The van der Waals surface area contributed by atoms with Crippen molar-refractivity contribution in [2.75, 3.05) is 33.4 Å². The van der Waals surface area contributed by atoms with Crippen molar-refractivity contribution in [1.29, 1.82) is 0 Å². The Morgan fingerprint density at radius 3 is 2.38 bits per heavy atom. The molecule has 94 valence electrons. The van der Waals surface area contributed by atoms with E-state index < -0.39 is 11.4 Å². The van der Waals surface area contributed by atoms with Crippen LogP contribution < -0.4 is 0 Å². The summed E-state index contributed by atoms with van der Waals surface area (Å²) in [6.07, 6.45) is 0. The Hall–Kier alpha value is -0.940. The third-order valence-electron chi connectivity index (χ3n) is 2.38. The molecule has 0 aliphatic carbocycles. The minimum absolute atomic E-state index is 0.0103. The molecule has 1 N–H and O–H groups in total. The predicted molar refractivity (Wildman–Crippen MR) is 60.0 cm³/mol. The lowest BCUT2D eigenvalue weighted by Gasteiger charge is -2.23. The fourth-order valence-corrected chi connectivity index (χ4v) is 1.12. The molecule has 0 radical (unpaired) electrons. The minimum atomic E-state index is -1.13. The lowest BCUT2D eigenvalue weighted by molar-refractivity contribution is -0.158. The van der Waals surface area contributed by atoms with E-state index in [9.17, 15) is 9.59 Å². The second-order valence-corrected chi connectivity index (χ2v) is 4.23. The number of likely N-dealkylation sites (N-methyl/N-ethyl adjacent to an activating group) is 1. The van der Waals surface area contributed by atoms with Crippen LogP contribution in [0, 0.1) is 5.41 Å². The summed E-state index contributed by atoms with van der Waals surface area (Å²) in [4.78, 5) is 25.0. The van der Waals surface area contributed by atoms with Gasteiger partial charge in [0.15, 0.2) is 5.78 Å². The summed E-state index contributed by atoms with van der Waals surface area (Å²) in [5, 5.41) is 8.70. The molecular formula is C11H21NO4. The molecule has 0 unspecified atom stereocenters. The van der Waals surface area contributed by atoms with E-state index in [0.717, 1.165) is 0 Å². The molecular weight excluding hydrogens is 210 g/mol. The molecule has 16 heavy (non-hydrogen) atoms. The third-order valence-corrected chi connectivity index (χ3v) is 2.38. The van der Waals surface area contributed by atoms with Crippen LogP contribution in [0.15, 0.2) is 0 Å². The van der Waals surface area contributed by atoms with Crippen LogP contribution in [0.1, 0.15) is 20.8 Å². The highest BCUT2D eigenvalue weighted by atomic mass is 16.5. The number of ether oxygens (including phenoxy) is 1. The number of aliphatic hydroxyl groups excluding tert-OH is 1. The van der Waals surface area contributed by atoms with Gasteiger partial charge in [-0.05, 0) is 27.8 Å². The molecule has 0 saturated carbocycles. The number of aliphatic hydroxyl groups is 1. The van der Waals surface area contributed by atoms with Crippen LogP contribution in [0.4, 0.5) is 0 Å². The molecule has 0 aliphatic heterocycles. The molecule has 5 heteroatoms. The van der Waals surface area contributed by atoms with Gasteiger partial charge in [-0.1, -0.05) is 0 Å². The standard InChI is InChI=1S/C11H21NO4/c1-5-16-10(15)11(2,3)9(14)8-12(4)6-7-13/h13H,5-8H2,1-4H3. The smallest absolute Gasteiger partial charge is 0.319 e. The summed E-state index contributed by atoms with van der Waals surface area (Å²) >= 11 is 0. The zero-order chi connectivity index (χ0) is 12.8. The Morgan fingerprint density at radius 2 is 1.94 bits per heavy atom. The molecule has 0 aromatic heterocycles. The maximum Gasteiger partial charge on any atom is 0.319 e. The van der Waals surface area contributed by atoms with Gasteiger partial charge in [0.05, 0.1) is 19.8 Å². The summed E-state index contributed by atoms with van der Waals surface area (Å²) in [5.74, 6) is -0.709. The van der Waals surface area contributed by atoms with E-state index in [1.54, 1.807) is 32.7 Å². The van der Waals surface area contributed by atoms with Crippen LogP contribution in [-0.2, 0) is 14.3 Å². The van der Waals surface area contributed by atoms with Gasteiger partial charge in [-0.25, -0.2) is 0 Å². The van der Waals surface area contributed by atoms with E-state index >= 15 is 0 Å². The van der Waals surface area contributed by atoms with Crippen molar-refractivity contribution >= 4 is 11.8 Å². The number of Topliss-reactive ketones (excluding diaryl/α,β-unsaturated/α-hetero) is 1. The van der Waals surface area contributed by atoms with Crippen LogP contribution in [0.25, 0.3) is 0 Å². The first-order valence-corrected chi connectivity index (χ1v) is 5.36. The van der Waals surface area contributed by atoms with Gasteiger partial charge < -0.3 is 9.84 Å². The van der Waals surface area contributed by atoms with Gasteiger partial charge in [0.25, 0.3) is 0 Å². The van der Waals surface area contributed by atoms with Crippen molar-refractivity contribution < 1.29 is 19.4 Å². The van der Waals surface area contributed by atoms with Crippen LogP contribution in [0.2, 0.25) is 0 Å². The molecule has 0 fully saturated rings. The first-order valence-electron chi connectivity index (χ1n) is 5.36. The van der Waals surface area contributed by atoms with Crippen molar-refractivity contribution in [2.24, 2.45) is 5.41 Å². The average molecular weight is 231 g/mol. The molecule has 0 amide bonds.